The van der Waals surface area contributed by atoms with Crippen LogP contribution in [0.4, 0.5) is 0 Å². The fourth-order valence-electron chi connectivity index (χ4n) is 3.04. The molecule has 0 aliphatic rings. The van der Waals surface area contributed by atoms with Crippen LogP contribution in [0.25, 0.3) is 16.9 Å². The monoisotopic (exact) mass is 413 g/mol. The van der Waals surface area contributed by atoms with Gasteiger partial charge in [-0.2, -0.15) is 5.10 Å². The average molecular weight is 413 g/mol. The Hall–Kier alpha value is -4.46. The van der Waals surface area contributed by atoms with Crippen LogP contribution in [-0.2, 0) is 0 Å². The molecule has 0 atom stereocenters. The second kappa shape index (κ2) is 8.91. The molecule has 2 N–H and O–H groups in total. The molecule has 0 unspecified atom stereocenters. The Labute approximate surface area is 178 Å². The molecular weight excluding hydrogens is 394 g/mol. The SMILES string of the molecule is COc1ncccc1C(=O)NNC(=O)c1cn(-c2ccccc2)nc1-c1ccccc1. The van der Waals surface area contributed by atoms with Crippen LogP contribution in [0.5, 0.6) is 5.88 Å². The number of carbonyl (C=O) groups is 2. The fraction of sp³-hybridized carbons (Fsp3) is 0.0435. The van der Waals surface area contributed by atoms with Crippen molar-refractivity contribution >= 4 is 11.8 Å². The van der Waals surface area contributed by atoms with Gasteiger partial charge in [0.15, 0.2) is 0 Å². The van der Waals surface area contributed by atoms with Crippen molar-refractivity contribution in [3.63, 3.8) is 0 Å². The molecule has 0 radical (unpaired) electrons. The van der Waals surface area contributed by atoms with Crippen LogP contribution >= 0.6 is 0 Å². The molecule has 31 heavy (non-hydrogen) atoms. The first-order valence-electron chi connectivity index (χ1n) is 9.47. The number of nitrogens with zero attached hydrogens (tertiary/aromatic N) is 3. The molecule has 2 aromatic heterocycles. The minimum Gasteiger partial charge on any atom is -0.480 e. The lowest BCUT2D eigenvalue weighted by atomic mass is 10.1. The zero-order chi connectivity index (χ0) is 21.6. The van der Waals surface area contributed by atoms with E-state index >= 15 is 0 Å². The van der Waals surface area contributed by atoms with Crippen LogP contribution < -0.4 is 15.6 Å². The van der Waals surface area contributed by atoms with E-state index in [-0.39, 0.29) is 11.4 Å². The predicted molar refractivity (Wildman–Crippen MR) is 115 cm³/mol. The molecular formula is C23H19N5O3. The van der Waals surface area contributed by atoms with Crippen molar-refractivity contribution < 1.29 is 14.3 Å². The molecule has 0 bridgehead atoms. The number of amides is 2. The second-order valence-electron chi connectivity index (χ2n) is 6.51. The minimum atomic E-state index is -0.546. The first-order chi connectivity index (χ1) is 15.2. The van der Waals surface area contributed by atoms with E-state index in [1.165, 1.54) is 13.3 Å². The summed E-state index contributed by atoms with van der Waals surface area (Å²) < 4.78 is 6.72. The Bertz CT molecular complexity index is 1210. The lowest BCUT2D eigenvalue weighted by Gasteiger charge is -2.09. The van der Waals surface area contributed by atoms with Gasteiger partial charge in [-0.05, 0) is 24.3 Å². The first kappa shape index (κ1) is 19.8. The molecule has 0 fully saturated rings. The molecule has 0 spiro atoms. The maximum atomic E-state index is 12.9. The van der Waals surface area contributed by atoms with Gasteiger partial charge in [-0.25, -0.2) is 9.67 Å². The van der Waals surface area contributed by atoms with Gasteiger partial charge in [0.1, 0.15) is 11.3 Å². The van der Waals surface area contributed by atoms with Crippen LogP contribution in [0.15, 0.2) is 85.2 Å². The minimum absolute atomic E-state index is 0.163. The number of rotatable bonds is 5. The number of hydrazine groups is 1. The van der Waals surface area contributed by atoms with Crippen molar-refractivity contribution in [2.75, 3.05) is 7.11 Å². The van der Waals surface area contributed by atoms with Crippen molar-refractivity contribution in [2.24, 2.45) is 0 Å². The number of aromatic nitrogens is 3. The van der Waals surface area contributed by atoms with Crippen molar-refractivity contribution in [3.8, 4) is 22.8 Å². The molecule has 2 amide bonds. The molecule has 0 aliphatic carbocycles. The molecule has 8 nitrogen and oxygen atoms in total. The Kier molecular flexibility index (Phi) is 5.70. The van der Waals surface area contributed by atoms with Gasteiger partial charge in [0, 0.05) is 18.0 Å². The van der Waals surface area contributed by atoms with E-state index in [1.807, 2.05) is 60.7 Å². The molecule has 0 aliphatic heterocycles. The normalized spacial score (nSPS) is 10.4. The smallest absolute Gasteiger partial charge is 0.275 e. The largest absolute Gasteiger partial charge is 0.480 e. The molecule has 2 heterocycles. The first-order valence-corrected chi connectivity index (χ1v) is 9.47. The molecule has 2 aromatic carbocycles. The number of nitrogens with one attached hydrogen (secondary N) is 2. The van der Waals surface area contributed by atoms with Gasteiger partial charge in [0.25, 0.3) is 11.8 Å². The van der Waals surface area contributed by atoms with Crippen LogP contribution in [0.3, 0.4) is 0 Å². The highest BCUT2D eigenvalue weighted by atomic mass is 16.5. The topological polar surface area (TPSA) is 98.1 Å². The number of methoxy groups -OCH3 is 1. The van der Waals surface area contributed by atoms with Crippen molar-refractivity contribution in [1.82, 2.24) is 25.6 Å². The Morgan fingerprint density at radius 1 is 0.839 bits per heavy atom. The third-order valence-corrected chi connectivity index (χ3v) is 4.53. The number of pyridine rings is 1. The standard InChI is InChI=1S/C23H19N5O3/c1-31-23-18(13-8-14-24-23)21(29)25-26-22(30)19-15-28(17-11-6-3-7-12-17)27-20(19)16-9-4-2-5-10-16/h2-15H,1H3,(H,25,29)(H,26,30). The van der Waals surface area contributed by atoms with E-state index in [0.717, 1.165) is 11.3 Å². The Balaban J connectivity index is 1.61. The summed E-state index contributed by atoms with van der Waals surface area (Å²) >= 11 is 0. The maximum Gasteiger partial charge on any atom is 0.275 e. The fourth-order valence-corrected chi connectivity index (χ4v) is 3.04. The molecule has 154 valence electrons. The van der Waals surface area contributed by atoms with Gasteiger partial charge >= 0.3 is 0 Å². The van der Waals surface area contributed by atoms with Gasteiger partial charge in [0.2, 0.25) is 5.88 Å². The highest BCUT2D eigenvalue weighted by Gasteiger charge is 2.20. The number of hydrogen-bond acceptors (Lipinski definition) is 5. The van der Waals surface area contributed by atoms with E-state index in [1.54, 1.807) is 23.0 Å². The number of ether oxygens (including phenoxy) is 1. The van der Waals surface area contributed by atoms with Crippen LogP contribution in [-0.4, -0.2) is 33.7 Å². The summed E-state index contributed by atoms with van der Waals surface area (Å²) in [5.74, 6) is -0.886. The highest BCUT2D eigenvalue weighted by molar-refractivity contribution is 6.02. The van der Waals surface area contributed by atoms with Gasteiger partial charge in [0.05, 0.1) is 18.4 Å². The molecule has 0 saturated heterocycles. The van der Waals surface area contributed by atoms with E-state index in [0.29, 0.717) is 11.3 Å². The lowest BCUT2D eigenvalue weighted by Crippen LogP contribution is -2.41. The average Bonchev–Trinajstić information content (AvgIpc) is 3.29. The summed E-state index contributed by atoms with van der Waals surface area (Å²) in [4.78, 5) is 29.4. The van der Waals surface area contributed by atoms with Crippen molar-refractivity contribution in [3.05, 3.63) is 96.3 Å². The van der Waals surface area contributed by atoms with E-state index in [4.69, 9.17) is 4.74 Å². The molecule has 4 aromatic rings. The summed E-state index contributed by atoms with van der Waals surface area (Å²) in [5.41, 5.74) is 7.45. The number of hydrogen-bond donors (Lipinski definition) is 2. The van der Waals surface area contributed by atoms with E-state index < -0.39 is 11.8 Å². The summed E-state index contributed by atoms with van der Waals surface area (Å²) in [6.07, 6.45) is 3.14. The van der Waals surface area contributed by atoms with Gasteiger partial charge in [-0.1, -0.05) is 48.5 Å². The van der Waals surface area contributed by atoms with Crippen molar-refractivity contribution in [2.45, 2.75) is 0 Å². The van der Waals surface area contributed by atoms with E-state index in [2.05, 4.69) is 20.9 Å². The lowest BCUT2D eigenvalue weighted by molar-refractivity contribution is 0.0844. The Morgan fingerprint density at radius 3 is 2.16 bits per heavy atom. The summed E-state index contributed by atoms with van der Waals surface area (Å²) in [7, 11) is 1.42. The predicted octanol–water partition coefficient (Wildman–Crippen LogP) is 3.02. The zero-order valence-electron chi connectivity index (χ0n) is 16.6. The summed E-state index contributed by atoms with van der Waals surface area (Å²) in [6, 6.07) is 22.0. The third kappa shape index (κ3) is 4.27. The summed E-state index contributed by atoms with van der Waals surface area (Å²) in [6.45, 7) is 0. The summed E-state index contributed by atoms with van der Waals surface area (Å²) in [5, 5.41) is 4.60. The maximum absolute atomic E-state index is 12.9. The van der Waals surface area contributed by atoms with Crippen LogP contribution in [0.1, 0.15) is 20.7 Å². The molecule has 0 saturated carbocycles. The van der Waals surface area contributed by atoms with Crippen LogP contribution in [0, 0.1) is 0 Å². The van der Waals surface area contributed by atoms with E-state index in [9.17, 15) is 9.59 Å². The zero-order valence-corrected chi connectivity index (χ0v) is 16.6. The number of benzene rings is 2. The van der Waals surface area contributed by atoms with Crippen molar-refractivity contribution in [1.29, 1.82) is 0 Å². The van der Waals surface area contributed by atoms with Gasteiger partial charge < -0.3 is 4.74 Å². The second-order valence-corrected chi connectivity index (χ2v) is 6.51. The molecule has 8 heteroatoms. The number of para-hydroxylation sites is 1. The Morgan fingerprint density at radius 2 is 1.48 bits per heavy atom. The highest BCUT2D eigenvalue weighted by Crippen LogP contribution is 2.23. The quantitative estimate of drug-likeness (QED) is 0.490. The third-order valence-electron chi connectivity index (χ3n) is 4.53. The number of carbonyl (C=O) groups excluding carboxylic acids is 2. The van der Waals surface area contributed by atoms with Gasteiger partial charge in [-0.3, -0.25) is 20.4 Å². The van der Waals surface area contributed by atoms with Gasteiger partial charge in [-0.15, -0.1) is 0 Å². The van der Waals surface area contributed by atoms with Crippen LogP contribution in [0.2, 0.25) is 0 Å². The molecule has 4 rings (SSSR count).